The van der Waals surface area contributed by atoms with Gasteiger partial charge in [0.2, 0.25) is 5.78 Å². The zero-order chi connectivity index (χ0) is 7.98. The second-order valence-electron chi connectivity index (χ2n) is 1.95. The van der Waals surface area contributed by atoms with Gasteiger partial charge in [0.1, 0.15) is 0 Å². The highest BCUT2D eigenvalue weighted by atomic mass is 16.2. The van der Waals surface area contributed by atoms with Crippen molar-refractivity contribution in [2.75, 3.05) is 13.1 Å². The second-order valence-corrected chi connectivity index (χ2v) is 1.95. The highest BCUT2D eigenvalue weighted by Gasteiger charge is 2.03. The summed E-state index contributed by atoms with van der Waals surface area (Å²) in [7, 11) is 0. The minimum absolute atomic E-state index is 0.461. The lowest BCUT2D eigenvalue weighted by Crippen LogP contribution is -2.30. The van der Waals surface area contributed by atoms with Crippen LogP contribution in [-0.4, -0.2) is 24.8 Å². The highest BCUT2D eigenvalue weighted by molar-refractivity contribution is 6.35. The Labute approximate surface area is 59.8 Å². The molecule has 1 amide bonds. The van der Waals surface area contributed by atoms with Gasteiger partial charge in [-0.2, -0.15) is 0 Å². The van der Waals surface area contributed by atoms with E-state index in [9.17, 15) is 9.59 Å². The fourth-order valence-electron chi connectivity index (χ4n) is 0.428. The number of ketones is 1. The molecule has 0 aliphatic rings. The lowest BCUT2D eigenvalue weighted by molar-refractivity contribution is -0.136. The summed E-state index contributed by atoms with van der Waals surface area (Å²) < 4.78 is 0. The maximum atomic E-state index is 10.5. The van der Waals surface area contributed by atoms with E-state index in [1.54, 1.807) is 0 Å². The van der Waals surface area contributed by atoms with Crippen LogP contribution < -0.4 is 11.1 Å². The van der Waals surface area contributed by atoms with Gasteiger partial charge in [-0.25, -0.2) is 0 Å². The molecule has 0 saturated heterocycles. The van der Waals surface area contributed by atoms with E-state index in [4.69, 9.17) is 5.73 Å². The van der Waals surface area contributed by atoms with Crippen molar-refractivity contribution in [3.8, 4) is 0 Å². The number of carbonyl (C=O) groups excluding carboxylic acids is 2. The standard InChI is InChI=1S/C6H12N2O2/c1-5(9)6(10)8-4-2-3-7/h2-4,7H2,1H3,(H,8,10). The van der Waals surface area contributed by atoms with Crippen LogP contribution in [0.1, 0.15) is 13.3 Å². The van der Waals surface area contributed by atoms with Crippen molar-refractivity contribution >= 4 is 11.7 Å². The fraction of sp³-hybridized carbons (Fsp3) is 0.667. The third kappa shape index (κ3) is 4.03. The van der Waals surface area contributed by atoms with Crippen LogP contribution >= 0.6 is 0 Å². The predicted molar refractivity (Wildman–Crippen MR) is 37.4 cm³/mol. The summed E-state index contributed by atoms with van der Waals surface area (Å²) in [6, 6.07) is 0. The predicted octanol–water partition coefficient (Wildman–Crippen LogP) is -0.960. The summed E-state index contributed by atoms with van der Waals surface area (Å²) in [6.07, 6.45) is 0.707. The van der Waals surface area contributed by atoms with Gasteiger partial charge in [-0.1, -0.05) is 0 Å². The Kier molecular flexibility index (Phi) is 4.49. The maximum absolute atomic E-state index is 10.5. The first-order valence-corrected chi connectivity index (χ1v) is 3.17. The molecular formula is C6H12N2O2. The lowest BCUT2D eigenvalue weighted by atomic mass is 10.4. The van der Waals surface area contributed by atoms with Crippen molar-refractivity contribution in [3.63, 3.8) is 0 Å². The van der Waals surface area contributed by atoms with Gasteiger partial charge in [0.05, 0.1) is 0 Å². The molecule has 0 aromatic carbocycles. The van der Waals surface area contributed by atoms with E-state index < -0.39 is 11.7 Å². The molecule has 0 heterocycles. The van der Waals surface area contributed by atoms with Crippen LogP contribution in [-0.2, 0) is 9.59 Å². The van der Waals surface area contributed by atoms with E-state index in [1.165, 1.54) is 6.92 Å². The molecule has 0 aliphatic heterocycles. The largest absolute Gasteiger partial charge is 0.349 e. The Morgan fingerprint density at radius 2 is 2.10 bits per heavy atom. The molecule has 0 fully saturated rings. The molecule has 58 valence electrons. The summed E-state index contributed by atoms with van der Waals surface area (Å²) in [5, 5.41) is 2.41. The van der Waals surface area contributed by atoms with Crippen LogP contribution in [0.25, 0.3) is 0 Å². The molecule has 0 unspecified atom stereocenters. The van der Waals surface area contributed by atoms with E-state index in [1.807, 2.05) is 0 Å². The van der Waals surface area contributed by atoms with Crippen molar-refractivity contribution < 1.29 is 9.59 Å². The van der Waals surface area contributed by atoms with Crippen molar-refractivity contribution in [2.45, 2.75) is 13.3 Å². The number of rotatable bonds is 4. The summed E-state index contributed by atoms with van der Waals surface area (Å²) >= 11 is 0. The first-order chi connectivity index (χ1) is 4.68. The Bertz CT molecular complexity index is 134. The van der Waals surface area contributed by atoms with Crippen molar-refractivity contribution in [3.05, 3.63) is 0 Å². The molecule has 0 rings (SSSR count). The first kappa shape index (κ1) is 9.10. The van der Waals surface area contributed by atoms with Crippen LogP contribution in [0.4, 0.5) is 0 Å². The first-order valence-electron chi connectivity index (χ1n) is 3.17. The molecule has 0 bridgehead atoms. The minimum Gasteiger partial charge on any atom is -0.349 e. The van der Waals surface area contributed by atoms with Crippen LogP contribution in [0.5, 0.6) is 0 Å². The van der Waals surface area contributed by atoms with Gasteiger partial charge in [-0.3, -0.25) is 9.59 Å². The van der Waals surface area contributed by atoms with Crippen molar-refractivity contribution in [1.82, 2.24) is 5.32 Å². The van der Waals surface area contributed by atoms with Crippen LogP contribution in [0.15, 0.2) is 0 Å². The maximum Gasteiger partial charge on any atom is 0.287 e. The molecule has 4 nitrogen and oxygen atoms in total. The molecule has 3 N–H and O–H groups in total. The van der Waals surface area contributed by atoms with Gasteiger partial charge in [-0.05, 0) is 13.0 Å². The SMILES string of the molecule is CC(=O)C(=O)NCCCN. The van der Waals surface area contributed by atoms with E-state index in [0.717, 1.165) is 0 Å². The topological polar surface area (TPSA) is 72.2 Å². The third-order valence-corrected chi connectivity index (χ3v) is 0.986. The summed E-state index contributed by atoms with van der Waals surface area (Å²) in [6.45, 7) is 2.24. The molecule has 0 spiro atoms. The van der Waals surface area contributed by atoms with Crippen molar-refractivity contribution in [1.29, 1.82) is 0 Å². The molecular weight excluding hydrogens is 132 g/mol. The zero-order valence-corrected chi connectivity index (χ0v) is 6.02. The smallest absolute Gasteiger partial charge is 0.287 e. The number of Topliss-reactive ketones (excluding diaryl/α,β-unsaturated/α-hetero) is 1. The molecule has 0 atom stereocenters. The zero-order valence-electron chi connectivity index (χ0n) is 6.02. The monoisotopic (exact) mass is 144 g/mol. The van der Waals surface area contributed by atoms with Gasteiger partial charge in [-0.15, -0.1) is 0 Å². The van der Waals surface area contributed by atoms with Gasteiger partial charge < -0.3 is 11.1 Å². The van der Waals surface area contributed by atoms with Crippen LogP contribution in [0.3, 0.4) is 0 Å². The normalized spacial score (nSPS) is 9.00. The molecule has 0 aromatic heterocycles. The molecule has 0 radical (unpaired) electrons. The fourth-order valence-corrected chi connectivity index (χ4v) is 0.428. The van der Waals surface area contributed by atoms with E-state index in [0.29, 0.717) is 19.5 Å². The molecule has 0 aliphatic carbocycles. The van der Waals surface area contributed by atoms with Gasteiger partial charge >= 0.3 is 0 Å². The minimum atomic E-state index is -0.534. The summed E-state index contributed by atoms with van der Waals surface area (Å²) in [4.78, 5) is 20.8. The second kappa shape index (κ2) is 4.93. The Hall–Kier alpha value is -0.900. The van der Waals surface area contributed by atoms with Gasteiger partial charge in [0.15, 0.2) is 0 Å². The number of amides is 1. The Balaban J connectivity index is 3.31. The summed E-state index contributed by atoms with van der Waals surface area (Å²) in [5.41, 5.74) is 5.15. The Morgan fingerprint density at radius 1 is 1.50 bits per heavy atom. The average molecular weight is 144 g/mol. The number of hydrogen-bond acceptors (Lipinski definition) is 3. The molecule has 10 heavy (non-hydrogen) atoms. The van der Waals surface area contributed by atoms with E-state index >= 15 is 0 Å². The van der Waals surface area contributed by atoms with Gasteiger partial charge in [0, 0.05) is 13.5 Å². The average Bonchev–Trinajstić information content (AvgIpc) is 1.88. The third-order valence-electron chi connectivity index (χ3n) is 0.986. The number of hydrogen-bond donors (Lipinski definition) is 2. The molecule has 0 aromatic rings. The quantitative estimate of drug-likeness (QED) is 0.394. The highest BCUT2D eigenvalue weighted by Crippen LogP contribution is 1.72. The number of nitrogens with two attached hydrogens (primary N) is 1. The van der Waals surface area contributed by atoms with E-state index in [-0.39, 0.29) is 0 Å². The Morgan fingerprint density at radius 3 is 2.50 bits per heavy atom. The van der Waals surface area contributed by atoms with Crippen LogP contribution in [0, 0.1) is 0 Å². The number of nitrogens with one attached hydrogen (secondary N) is 1. The van der Waals surface area contributed by atoms with Crippen molar-refractivity contribution in [2.24, 2.45) is 5.73 Å². The number of carbonyl (C=O) groups is 2. The van der Waals surface area contributed by atoms with Gasteiger partial charge in [0.25, 0.3) is 5.91 Å². The summed E-state index contributed by atoms with van der Waals surface area (Å²) in [5.74, 6) is -0.995. The van der Waals surface area contributed by atoms with Crippen LogP contribution in [0.2, 0.25) is 0 Å². The van der Waals surface area contributed by atoms with E-state index in [2.05, 4.69) is 5.32 Å². The molecule has 0 saturated carbocycles. The molecule has 4 heteroatoms. The lowest BCUT2D eigenvalue weighted by Gasteiger charge is -1.98.